The Bertz CT molecular complexity index is 656. The van der Waals surface area contributed by atoms with Crippen LogP contribution in [0.3, 0.4) is 0 Å². The van der Waals surface area contributed by atoms with Gasteiger partial charge in [-0.3, -0.25) is 0 Å². The first-order valence-corrected chi connectivity index (χ1v) is 8.22. The number of ether oxygens (including phenoxy) is 1. The molecule has 0 atom stereocenters. The maximum Gasteiger partial charge on any atom is 1.00 e. The van der Waals surface area contributed by atoms with Crippen LogP contribution in [0.4, 0.5) is 5.69 Å². The number of aliphatic carboxylic acids is 1. The summed E-state index contributed by atoms with van der Waals surface area (Å²) in [5.74, 6) is 0.590. The van der Waals surface area contributed by atoms with Crippen LogP contribution >= 0.6 is 0 Å². The van der Waals surface area contributed by atoms with Crippen molar-refractivity contribution < 1.29 is 44.2 Å². The minimum atomic E-state index is -1.05. The van der Waals surface area contributed by atoms with Crippen LogP contribution in [0.5, 0.6) is 11.5 Å². The smallest absolute Gasteiger partial charge is 0.549 e. The summed E-state index contributed by atoms with van der Waals surface area (Å²) >= 11 is 0. The van der Waals surface area contributed by atoms with Crippen molar-refractivity contribution >= 4 is 11.7 Å². The van der Waals surface area contributed by atoms with E-state index >= 15 is 0 Å². The molecule has 25 heavy (non-hydrogen) atoms. The number of carboxylic acid groups (broad SMARTS) is 1. The van der Waals surface area contributed by atoms with E-state index in [0.29, 0.717) is 0 Å². The van der Waals surface area contributed by atoms with Crippen LogP contribution in [0.25, 0.3) is 0 Å². The number of hydrogen-bond acceptors (Lipinski definition) is 5. The normalized spacial score (nSPS) is 14.6. The van der Waals surface area contributed by atoms with Crippen LogP contribution in [0.15, 0.2) is 54.6 Å². The van der Waals surface area contributed by atoms with Crippen molar-refractivity contribution in [2.75, 3.05) is 24.5 Å². The van der Waals surface area contributed by atoms with Crippen molar-refractivity contribution in [3.05, 3.63) is 54.6 Å². The summed E-state index contributed by atoms with van der Waals surface area (Å²) in [5, 5.41) is 13.5. The molecule has 1 saturated heterocycles. The van der Waals surface area contributed by atoms with Gasteiger partial charge in [0.2, 0.25) is 0 Å². The van der Waals surface area contributed by atoms with Gasteiger partial charge in [-0.1, -0.05) is 18.2 Å². The van der Waals surface area contributed by atoms with Crippen LogP contribution in [0.2, 0.25) is 0 Å². The Hall–Kier alpha value is -1.53. The van der Waals surface area contributed by atoms with Gasteiger partial charge in [0.1, 0.15) is 11.5 Å². The molecule has 0 bridgehead atoms. The summed E-state index contributed by atoms with van der Waals surface area (Å²) in [5.41, 5.74) is 1.16. The predicted octanol–water partition coefficient (Wildman–Crippen LogP) is -1.21. The number of piperidine rings is 1. The average Bonchev–Trinajstić information content (AvgIpc) is 2.62. The van der Waals surface area contributed by atoms with E-state index in [1.54, 1.807) is 0 Å². The Kier molecular flexibility index (Phi) is 7.78. The number of anilines is 1. The summed E-state index contributed by atoms with van der Waals surface area (Å²) in [6.07, 6.45) is 1.85. The standard InChI is InChI=1S/C19H22N2O3.Na/c22-19(23)14-20-15-10-12-21(13-11-15)16-6-8-18(9-7-16)24-17-4-2-1-3-5-17;/h1-9,15,20H,10-14H2,(H,22,23);/q;+1/p-1. The van der Waals surface area contributed by atoms with Gasteiger partial charge in [-0.25, -0.2) is 0 Å². The number of nitrogens with zero attached hydrogens (tertiary/aromatic N) is 1. The van der Waals surface area contributed by atoms with Crippen LogP contribution in [-0.4, -0.2) is 31.6 Å². The van der Waals surface area contributed by atoms with Crippen LogP contribution in [0, 0.1) is 0 Å². The van der Waals surface area contributed by atoms with E-state index in [1.165, 1.54) is 0 Å². The molecule has 2 aromatic carbocycles. The minimum absolute atomic E-state index is 0. The van der Waals surface area contributed by atoms with Gasteiger partial charge in [0, 0.05) is 31.4 Å². The summed E-state index contributed by atoms with van der Waals surface area (Å²) < 4.78 is 5.80. The molecule has 6 heteroatoms. The molecule has 0 radical (unpaired) electrons. The van der Waals surface area contributed by atoms with Gasteiger partial charge in [-0.15, -0.1) is 0 Å². The number of nitrogens with one attached hydrogen (secondary N) is 1. The molecule has 0 spiro atoms. The molecule has 1 N–H and O–H groups in total. The maximum absolute atomic E-state index is 10.5. The monoisotopic (exact) mass is 348 g/mol. The summed E-state index contributed by atoms with van der Waals surface area (Å²) in [6, 6.07) is 18.0. The average molecular weight is 348 g/mol. The van der Waals surface area contributed by atoms with E-state index in [-0.39, 0.29) is 42.1 Å². The van der Waals surface area contributed by atoms with Crippen LogP contribution in [0.1, 0.15) is 12.8 Å². The number of carbonyl (C=O) groups is 1. The molecule has 1 aliphatic rings. The number of benzene rings is 2. The van der Waals surface area contributed by atoms with Crippen molar-refractivity contribution in [1.82, 2.24) is 5.32 Å². The van der Waals surface area contributed by atoms with Gasteiger partial charge in [-0.05, 0) is 49.2 Å². The van der Waals surface area contributed by atoms with Gasteiger partial charge in [-0.2, -0.15) is 0 Å². The maximum atomic E-state index is 10.5. The Morgan fingerprint density at radius 3 is 2.24 bits per heavy atom. The van der Waals surface area contributed by atoms with Gasteiger partial charge in [0.15, 0.2) is 0 Å². The second-order valence-electron chi connectivity index (χ2n) is 5.92. The summed E-state index contributed by atoms with van der Waals surface area (Å²) in [4.78, 5) is 12.8. The van der Waals surface area contributed by atoms with E-state index < -0.39 is 5.97 Å². The molecule has 1 fully saturated rings. The van der Waals surface area contributed by atoms with Gasteiger partial charge in [0.25, 0.3) is 0 Å². The van der Waals surface area contributed by atoms with Crippen molar-refractivity contribution in [3.63, 3.8) is 0 Å². The quantitative estimate of drug-likeness (QED) is 0.664. The van der Waals surface area contributed by atoms with Crippen LogP contribution < -0.4 is 49.6 Å². The molecule has 0 aliphatic carbocycles. The second kappa shape index (κ2) is 9.82. The zero-order chi connectivity index (χ0) is 16.8. The zero-order valence-electron chi connectivity index (χ0n) is 14.5. The summed E-state index contributed by atoms with van der Waals surface area (Å²) in [7, 11) is 0. The Morgan fingerprint density at radius 1 is 1.04 bits per heavy atom. The molecule has 2 aromatic rings. The van der Waals surface area contributed by atoms with Gasteiger partial charge < -0.3 is 24.9 Å². The number of carbonyl (C=O) groups excluding carboxylic acids is 1. The summed E-state index contributed by atoms with van der Waals surface area (Å²) in [6.45, 7) is 1.74. The molecule has 0 unspecified atom stereocenters. The zero-order valence-corrected chi connectivity index (χ0v) is 16.5. The SMILES string of the molecule is O=C([O-])CNC1CCN(c2ccc(Oc3ccccc3)cc2)CC1.[Na+]. The molecule has 0 aromatic heterocycles. The molecule has 0 saturated carbocycles. The Labute approximate surface area is 170 Å². The fraction of sp³-hybridized carbons (Fsp3) is 0.316. The van der Waals surface area contributed by atoms with Crippen molar-refractivity contribution in [3.8, 4) is 11.5 Å². The third-order valence-corrected chi connectivity index (χ3v) is 4.21. The van der Waals surface area contributed by atoms with E-state index in [0.717, 1.165) is 43.1 Å². The van der Waals surface area contributed by atoms with Crippen molar-refractivity contribution in [2.24, 2.45) is 0 Å². The predicted molar refractivity (Wildman–Crippen MR) is 91.2 cm³/mol. The molecule has 1 aliphatic heterocycles. The number of hydrogen-bond donors (Lipinski definition) is 1. The van der Waals surface area contributed by atoms with Crippen LogP contribution in [-0.2, 0) is 4.79 Å². The van der Waals surface area contributed by atoms with Gasteiger partial charge >= 0.3 is 29.6 Å². The first kappa shape index (κ1) is 19.8. The Balaban J connectivity index is 0.00000225. The van der Waals surface area contributed by atoms with E-state index in [1.807, 2.05) is 42.5 Å². The molecule has 0 amide bonds. The largest absolute Gasteiger partial charge is 1.00 e. The third kappa shape index (κ3) is 6.04. The molecular formula is C19H21N2NaO3. The van der Waals surface area contributed by atoms with Crippen molar-refractivity contribution in [1.29, 1.82) is 0 Å². The van der Waals surface area contributed by atoms with E-state index in [9.17, 15) is 9.90 Å². The first-order chi connectivity index (χ1) is 11.7. The fourth-order valence-corrected chi connectivity index (χ4v) is 2.92. The molecule has 3 rings (SSSR count). The third-order valence-electron chi connectivity index (χ3n) is 4.21. The van der Waals surface area contributed by atoms with Gasteiger partial charge in [0.05, 0.1) is 5.97 Å². The Morgan fingerprint density at radius 2 is 1.64 bits per heavy atom. The number of para-hydroxylation sites is 1. The minimum Gasteiger partial charge on any atom is -0.549 e. The number of rotatable bonds is 6. The number of carboxylic acids is 1. The molecule has 1 heterocycles. The topological polar surface area (TPSA) is 64.6 Å². The first-order valence-electron chi connectivity index (χ1n) is 8.22. The van der Waals surface area contributed by atoms with E-state index in [2.05, 4.69) is 22.3 Å². The fourth-order valence-electron chi connectivity index (χ4n) is 2.92. The molecular weight excluding hydrogens is 327 g/mol. The van der Waals surface area contributed by atoms with Crippen molar-refractivity contribution in [2.45, 2.75) is 18.9 Å². The molecule has 126 valence electrons. The second-order valence-corrected chi connectivity index (χ2v) is 5.92. The molecule has 5 nitrogen and oxygen atoms in total. The van der Waals surface area contributed by atoms with E-state index in [4.69, 9.17) is 4.74 Å².